The van der Waals surface area contributed by atoms with Crippen molar-refractivity contribution in [1.29, 1.82) is 0 Å². The van der Waals surface area contributed by atoms with Crippen molar-refractivity contribution < 1.29 is 27.1 Å². The lowest BCUT2D eigenvalue weighted by Crippen LogP contribution is -2.61. The number of hydrogen-bond donors (Lipinski definition) is 0. The van der Waals surface area contributed by atoms with Crippen LogP contribution in [0.2, 0.25) is 10.0 Å². The van der Waals surface area contributed by atoms with Gasteiger partial charge in [-0.2, -0.15) is 13.2 Å². The Hall–Kier alpha value is -3.11. The van der Waals surface area contributed by atoms with Gasteiger partial charge in [0.05, 0.1) is 35.5 Å². The Morgan fingerprint density at radius 1 is 0.976 bits per heavy atom. The molecule has 0 aliphatic carbocycles. The first-order valence-electron chi connectivity index (χ1n) is 13.0. The normalized spacial score (nSPS) is 21.0. The molecule has 1 fully saturated rings. The van der Waals surface area contributed by atoms with Gasteiger partial charge in [-0.1, -0.05) is 71.7 Å². The van der Waals surface area contributed by atoms with Gasteiger partial charge in [0.2, 0.25) is 0 Å². The van der Waals surface area contributed by atoms with E-state index in [0.717, 1.165) is 34.0 Å². The second-order valence-corrected chi connectivity index (χ2v) is 12.6. The lowest BCUT2D eigenvalue weighted by Gasteiger charge is -2.47. The number of carbonyl (C=O) groups is 1. The van der Waals surface area contributed by atoms with E-state index in [4.69, 9.17) is 27.9 Å². The van der Waals surface area contributed by atoms with Crippen LogP contribution in [0.15, 0.2) is 77.2 Å². The van der Waals surface area contributed by atoms with Crippen LogP contribution in [0.3, 0.4) is 0 Å². The van der Waals surface area contributed by atoms with Crippen LogP contribution < -0.4 is 0 Å². The van der Waals surface area contributed by atoms with E-state index in [9.17, 15) is 22.4 Å². The Labute approximate surface area is 252 Å². The predicted molar refractivity (Wildman–Crippen MR) is 156 cm³/mol. The van der Waals surface area contributed by atoms with E-state index >= 15 is 0 Å². The van der Waals surface area contributed by atoms with E-state index < -0.39 is 38.8 Å². The van der Waals surface area contributed by atoms with E-state index in [1.165, 1.54) is 0 Å². The van der Waals surface area contributed by atoms with Crippen molar-refractivity contribution in [2.24, 2.45) is 4.40 Å². The molecule has 3 aliphatic rings. The third-order valence-corrected chi connectivity index (χ3v) is 10.1. The number of alkyl halides is 3. The van der Waals surface area contributed by atoms with Gasteiger partial charge in [-0.15, -0.1) is 0 Å². The molecule has 11 heteroatoms. The molecule has 4 nitrogen and oxygen atoms in total. The Morgan fingerprint density at radius 2 is 1.69 bits per heavy atom. The molecule has 1 saturated heterocycles. The Balaban J connectivity index is 1.12. The van der Waals surface area contributed by atoms with Crippen LogP contribution in [0.5, 0.6) is 0 Å². The third kappa shape index (κ3) is 4.16. The molecular formula is C31H20Cl2F4N2O2S. The SMILES string of the molecule is O=C(c1cccc2ccccc12)N1CC2(C1)OCc1cc(C3=NS[C@@](c4cc(Cl)c(F)c(Cl)c4)(C(F)(F)F)C3)ccc12. The second-order valence-electron chi connectivity index (χ2n) is 10.7. The summed E-state index contributed by atoms with van der Waals surface area (Å²) in [5.41, 5.74) is 2.26. The molecule has 0 saturated carbocycles. The molecule has 3 heterocycles. The van der Waals surface area contributed by atoms with Crippen LogP contribution in [0.4, 0.5) is 17.6 Å². The maximum absolute atomic E-state index is 14.5. The Bertz CT molecular complexity index is 1790. The number of fused-ring (bicyclic) bond motifs is 3. The van der Waals surface area contributed by atoms with Crippen LogP contribution in [0, 0.1) is 5.82 Å². The van der Waals surface area contributed by atoms with Gasteiger partial charge in [-0.25, -0.2) is 8.79 Å². The molecule has 214 valence electrons. The fourth-order valence-corrected chi connectivity index (χ4v) is 7.49. The molecule has 42 heavy (non-hydrogen) atoms. The van der Waals surface area contributed by atoms with Crippen molar-refractivity contribution in [3.05, 3.63) is 116 Å². The third-order valence-electron chi connectivity index (χ3n) is 8.27. The highest BCUT2D eigenvalue weighted by atomic mass is 35.5. The topological polar surface area (TPSA) is 41.9 Å². The average Bonchev–Trinajstić information content (AvgIpc) is 3.57. The average molecular weight is 631 g/mol. The summed E-state index contributed by atoms with van der Waals surface area (Å²) in [5, 5.41) is 0.910. The number of hydrogen-bond acceptors (Lipinski definition) is 4. The Morgan fingerprint density at radius 3 is 2.43 bits per heavy atom. The van der Waals surface area contributed by atoms with Gasteiger partial charge in [-0.05, 0) is 69.2 Å². The zero-order valence-electron chi connectivity index (χ0n) is 21.6. The van der Waals surface area contributed by atoms with Crippen molar-refractivity contribution in [2.75, 3.05) is 13.1 Å². The van der Waals surface area contributed by atoms with E-state index in [0.29, 0.717) is 36.2 Å². The molecule has 1 spiro atoms. The first-order chi connectivity index (χ1) is 20.0. The molecule has 7 rings (SSSR count). The van der Waals surface area contributed by atoms with E-state index in [1.807, 2.05) is 48.5 Å². The lowest BCUT2D eigenvalue weighted by molar-refractivity contribution is -0.159. The molecule has 1 amide bonds. The Kier molecular flexibility index (Phi) is 6.40. The standard InChI is InChI=1S/C31H20Cl2F4N2O2S/c32-24-11-20(12-25(33)27(24)34)30(31(35,36)37)13-26(38-42-30)18-8-9-23-19(10-18)14-41-29(23)15-39(16-29)28(40)22-7-3-5-17-4-1-2-6-21(17)22/h1-12H,13-16H2/t30-/m0/s1. The summed E-state index contributed by atoms with van der Waals surface area (Å²) in [6.07, 6.45) is -5.19. The van der Waals surface area contributed by atoms with E-state index in [-0.39, 0.29) is 23.8 Å². The van der Waals surface area contributed by atoms with Crippen molar-refractivity contribution >= 4 is 57.5 Å². The van der Waals surface area contributed by atoms with Crippen molar-refractivity contribution in [3.8, 4) is 0 Å². The van der Waals surface area contributed by atoms with E-state index in [2.05, 4.69) is 4.40 Å². The summed E-state index contributed by atoms with van der Waals surface area (Å²) >= 11 is 12.1. The van der Waals surface area contributed by atoms with Crippen LogP contribution in [0.25, 0.3) is 10.8 Å². The minimum Gasteiger partial charge on any atom is -0.362 e. The fraction of sp³-hybridized carbons (Fsp3) is 0.226. The summed E-state index contributed by atoms with van der Waals surface area (Å²) < 4.78 is 65.5. The number of amides is 1. The number of carbonyl (C=O) groups excluding carboxylic acids is 1. The molecule has 4 aromatic rings. The largest absolute Gasteiger partial charge is 0.409 e. The van der Waals surface area contributed by atoms with Gasteiger partial charge >= 0.3 is 6.18 Å². The van der Waals surface area contributed by atoms with Crippen LogP contribution in [-0.2, 0) is 21.7 Å². The van der Waals surface area contributed by atoms with Crippen molar-refractivity contribution in [2.45, 2.75) is 29.6 Å². The van der Waals surface area contributed by atoms with Crippen LogP contribution in [0.1, 0.15) is 39.0 Å². The second kappa shape index (κ2) is 9.71. The highest BCUT2D eigenvalue weighted by Crippen LogP contribution is 2.57. The highest BCUT2D eigenvalue weighted by molar-refractivity contribution is 7.99. The lowest BCUT2D eigenvalue weighted by atomic mass is 9.83. The number of nitrogens with zero attached hydrogens (tertiary/aromatic N) is 2. The summed E-state index contributed by atoms with van der Waals surface area (Å²) in [6, 6.07) is 20.7. The molecule has 0 aromatic heterocycles. The van der Waals surface area contributed by atoms with Gasteiger partial charge in [0, 0.05) is 12.0 Å². The summed E-state index contributed by atoms with van der Waals surface area (Å²) in [7, 11) is 0. The van der Waals surface area contributed by atoms with Gasteiger partial charge in [-0.3, -0.25) is 4.79 Å². The van der Waals surface area contributed by atoms with Gasteiger partial charge in [0.25, 0.3) is 5.91 Å². The molecule has 0 radical (unpaired) electrons. The number of ether oxygens (including phenoxy) is 1. The zero-order chi connectivity index (χ0) is 29.4. The molecule has 0 unspecified atom stereocenters. The van der Waals surface area contributed by atoms with Crippen LogP contribution in [-0.4, -0.2) is 35.8 Å². The molecular weight excluding hydrogens is 611 g/mol. The first kappa shape index (κ1) is 27.7. The molecule has 1 atom stereocenters. The maximum Gasteiger partial charge on any atom is 0.409 e. The number of rotatable bonds is 3. The molecule has 0 N–H and O–H groups in total. The summed E-state index contributed by atoms with van der Waals surface area (Å²) in [4.78, 5) is 15.1. The quantitative estimate of drug-likeness (QED) is 0.130. The zero-order valence-corrected chi connectivity index (χ0v) is 24.0. The molecule has 0 bridgehead atoms. The smallest absolute Gasteiger partial charge is 0.362 e. The monoisotopic (exact) mass is 630 g/mol. The van der Waals surface area contributed by atoms with Gasteiger partial charge in [0.15, 0.2) is 10.6 Å². The van der Waals surface area contributed by atoms with Crippen molar-refractivity contribution in [1.82, 2.24) is 4.90 Å². The number of halogens is 6. The number of likely N-dealkylation sites (tertiary alicyclic amines) is 1. The van der Waals surface area contributed by atoms with Gasteiger partial charge in [0.1, 0.15) is 5.60 Å². The minimum absolute atomic E-state index is 0.0760. The van der Waals surface area contributed by atoms with E-state index in [1.54, 1.807) is 17.0 Å². The summed E-state index contributed by atoms with van der Waals surface area (Å²) in [6.45, 7) is 1.02. The summed E-state index contributed by atoms with van der Waals surface area (Å²) in [5.74, 6) is -1.04. The fourth-order valence-electron chi connectivity index (χ4n) is 6.04. The minimum atomic E-state index is -4.72. The molecule has 3 aliphatic heterocycles. The molecule has 4 aromatic carbocycles. The van der Waals surface area contributed by atoms with Crippen LogP contribution >= 0.6 is 35.1 Å². The van der Waals surface area contributed by atoms with Crippen molar-refractivity contribution in [3.63, 3.8) is 0 Å². The predicted octanol–water partition coefficient (Wildman–Crippen LogP) is 8.47. The number of benzene rings is 4. The maximum atomic E-state index is 14.5. The highest BCUT2D eigenvalue weighted by Gasteiger charge is 2.60. The van der Waals surface area contributed by atoms with Gasteiger partial charge < -0.3 is 9.64 Å². The first-order valence-corrected chi connectivity index (χ1v) is 14.6.